The van der Waals surface area contributed by atoms with E-state index in [-0.39, 0.29) is 11.5 Å². The van der Waals surface area contributed by atoms with Gasteiger partial charge in [-0.2, -0.15) is 0 Å². The van der Waals surface area contributed by atoms with Gasteiger partial charge >= 0.3 is 0 Å². The van der Waals surface area contributed by atoms with E-state index in [1.165, 1.54) is 13.2 Å². The fourth-order valence-corrected chi connectivity index (χ4v) is 0.834. The molecular weight excluding hydrogens is 156 g/mol. The third-order valence-corrected chi connectivity index (χ3v) is 1.92. The predicted octanol–water partition coefficient (Wildman–Crippen LogP) is 1.62. The standard InChI is InChI=1S/C9H12O3/c1-3-9(2,11)8(10)7-5-4-6-12-7/h4-6,11H,3H2,1-2H3. The zero-order valence-electron chi connectivity index (χ0n) is 7.20. The van der Waals surface area contributed by atoms with Gasteiger partial charge < -0.3 is 9.52 Å². The third kappa shape index (κ3) is 1.56. The summed E-state index contributed by atoms with van der Waals surface area (Å²) in [4.78, 5) is 11.4. The molecule has 0 aliphatic rings. The number of ketones is 1. The van der Waals surface area contributed by atoms with E-state index in [1.807, 2.05) is 0 Å². The lowest BCUT2D eigenvalue weighted by atomic mass is 9.96. The molecule has 66 valence electrons. The fourth-order valence-electron chi connectivity index (χ4n) is 0.834. The molecule has 0 saturated carbocycles. The van der Waals surface area contributed by atoms with Crippen LogP contribution in [0.2, 0.25) is 0 Å². The van der Waals surface area contributed by atoms with E-state index < -0.39 is 5.60 Å². The average Bonchev–Trinajstić information content (AvgIpc) is 2.55. The normalized spacial score (nSPS) is 15.6. The summed E-state index contributed by atoms with van der Waals surface area (Å²) >= 11 is 0. The lowest BCUT2D eigenvalue weighted by Gasteiger charge is -2.17. The molecule has 1 atom stereocenters. The first-order chi connectivity index (χ1) is 5.58. The lowest BCUT2D eigenvalue weighted by Crippen LogP contribution is -2.33. The number of aliphatic hydroxyl groups is 1. The Hall–Kier alpha value is -1.09. The van der Waals surface area contributed by atoms with Gasteiger partial charge in [-0.15, -0.1) is 0 Å². The maximum Gasteiger partial charge on any atom is 0.229 e. The highest BCUT2D eigenvalue weighted by Crippen LogP contribution is 2.16. The van der Waals surface area contributed by atoms with Crippen LogP contribution in [0.25, 0.3) is 0 Å². The third-order valence-electron chi connectivity index (χ3n) is 1.92. The predicted molar refractivity (Wildman–Crippen MR) is 44.0 cm³/mol. The summed E-state index contributed by atoms with van der Waals surface area (Å²) in [6.45, 7) is 3.23. The molecule has 0 aromatic carbocycles. The molecule has 0 fully saturated rings. The van der Waals surface area contributed by atoms with Gasteiger partial charge in [-0.3, -0.25) is 4.79 Å². The van der Waals surface area contributed by atoms with E-state index in [1.54, 1.807) is 19.1 Å². The molecular formula is C9H12O3. The molecule has 0 aliphatic carbocycles. The van der Waals surface area contributed by atoms with Gasteiger partial charge in [0.2, 0.25) is 5.78 Å². The molecule has 1 rings (SSSR count). The number of hydrogen-bond acceptors (Lipinski definition) is 3. The van der Waals surface area contributed by atoms with Gasteiger partial charge in [0.1, 0.15) is 5.60 Å². The van der Waals surface area contributed by atoms with Crippen LogP contribution >= 0.6 is 0 Å². The van der Waals surface area contributed by atoms with Crippen molar-refractivity contribution in [3.05, 3.63) is 24.2 Å². The second-order valence-electron chi connectivity index (χ2n) is 2.93. The number of rotatable bonds is 3. The molecule has 3 nitrogen and oxygen atoms in total. The van der Waals surface area contributed by atoms with Crippen LogP contribution in [-0.2, 0) is 0 Å². The Morgan fingerprint density at radius 2 is 2.42 bits per heavy atom. The maximum atomic E-state index is 11.4. The second-order valence-corrected chi connectivity index (χ2v) is 2.93. The number of hydrogen-bond donors (Lipinski definition) is 1. The van der Waals surface area contributed by atoms with Crippen LogP contribution < -0.4 is 0 Å². The van der Waals surface area contributed by atoms with Gasteiger partial charge in [0.05, 0.1) is 6.26 Å². The molecule has 12 heavy (non-hydrogen) atoms. The molecule has 0 saturated heterocycles. The van der Waals surface area contributed by atoms with Crippen molar-refractivity contribution >= 4 is 5.78 Å². The molecule has 0 bridgehead atoms. The molecule has 3 heteroatoms. The summed E-state index contributed by atoms with van der Waals surface area (Å²) in [5, 5.41) is 9.55. The molecule has 1 N–H and O–H groups in total. The highest BCUT2D eigenvalue weighted by Gasteiger charge is 2.30. The molecule has 1 heterocycles. The number of Topliss-reactive ketones (excluding diaryl/α,β-unsaturated/α-hetero) is 1. The Kier molecular flexibility index (Phi) is 2.33. The van der Waals surface area contributed by atoms with E-state index in [0.717, 1.165) is 0 Å². The van der Waals surface area contributed by atoms with Crippen LogP contribution in [-0.4, -0.2) is 16.5 Å². The van der Waals surface area contributed by atoms with Crippen molar-refractivity contribution in [3.63, 3.8) is 0 Å². The lowest BCUT2D eigenvalue weighted by molar-refractivity contribution is 0.0363. The minimum Gasteiger partial charge on any atom is -0.461 e. The van der Waals surface area contributed by atoms with Crippen molar-refractivity contribution in [1.82, 2.24) is 0 Å². The number of carbonyl (C=O) groups is 1. The van der Waals surface area contributed by atoms with Crippen molar-refractivity contribution in [3.8, 4) is 0 Å². The smallest absolute Gasteiger partial charge is 0.229 e. The minimum atomic E-state index is -1.31. The quantitative estimate of drug-likeness (QED) is 0.698. The molecule has 0 amide bonds. The van der Waals surface area contributed by atoms with Crippen molar-refractivity contribution in [2.75, 3.05) is 0 Å². The SMILES string of the molecule is CCC(C)(O)C(=O)c1ccco1. The molecule has 0 spiro atoms. The molecule has 1 aromatic heterocycles. The summed E-state index contributed by atoms with van der Waals surface area (Å²) in [5.41, 5.74) is -1.31. The highest BCUT2D eigenvalue weighted by molar-refractivity contribution is 5.99. The first kappa shape index (κ1) is 9.00. The van der Waals surface area contributed by atoms with Crippen LogP contribution in [0.15, 0.2) is 22.8 Å². The van der Waals surface area contributed by atoms with Gasteiger partial charge in [0, 0.05) is 0 Å². The summed E-state index contributed by atoms with van der Waals surface area (Å²) in [6, 6.07) is 3.17. The van der Waals surface area contributed by atoms with Crippen LogP contribution in [0.5, 0.6) is 0 Å². The van der Waals surface area contributed by atoms with Gasteiger partial charge in [-0.25, -0.2) is 0 Å². The first-order valence-corrected chi connectivity index (χ1v) is 3.88. The Labute approximate surface area is 71.0 Å². The van der Waals surface area contributed by atoms with Crippen LogP contribution in [0.3, 0.4) is 0 Å². The van der Waals surface area contributed by atoms with Gasteiger partial charge in [-0.05, 0) is 25.5 Å². The summed E-state index contributed by atoms with van der Waals surface area (Å²) in [7, 11) is 0. The van der Waals surface area contributed by atoms with Gasteiger partial charge in [0.15, 0.2) is 5.76 Å². The van der Waals surface area contributed by atoms with Crippen molar-refractivity contribution in [1.29, 1.82) is 0 Å². The largest absolute Gasteiger partial charge is 0.461 e. The maximum absolute atomic E-state index is 11.4. The monoisotopic (exact) mass is 168 g/mol. The van der Waals surface area contributed by atoms with Crippen molar-refractivity contribution < 1.29 is 14.3 Å². The van der Waals surface area contributed by atoms with Gasteiger partial charge in [-0.1, -0.05) is 6.92 Å². The zero-order valence-corrected chi connectivity index (χ0v) is 7.20. The minimum absolute atomic E-state index is 0.210. The highest BCUT2D eigenvalue weighted by atomic mass is 16.3. The molecule has 0 radical (unpaired) electrons. The summed E-state index contributed by atoms with van der Waals surface area (Å²) in [6.07, 6.45) is 1.80. The van der Waals surface area contributed by atoms with E-state index >= 15 is 0 Å². The topological polar surface area (TPSA) is 50.4 Å². The Bertz CT molecular complexity index is 259. The van der Waals surface area contributed by atoms with Crippen LogP contribution in [0.1, 0.15) is 30.8 Å². The number of furan rings is 1. The molecule has 1 unspecified atom stereocenters. The van der Waals surface area contributed by atoms with Crippen molar-refractivity contribution in [2.24, 2.45) is 0 Å². The van der Waals surface area contributed by atoms with E-state index in [0.29, 0.717) is 6.42 Å². The average molecular weight is 168 g/mol. The second kappa shape index (κ2) is 3.11. The van der Waals surface area contributed by atoms with Crippen LogP contribution in [0, 0.1) is 0 Å². The number of carbonyl (C=O) groups excluding carboxylic acids is 1. The molecule has 0 aliphatic heterocycles. The van der Waals surface area contributed by atoms with E-state index in [9.17, 15) is 9.90 Å². The summed E-state index contributed by atoms with van der Waals surface area (Å²) < 4.78 is 4.87. The fraction of sp³-hybridized carbons (Fsp3) is 0.444. The van der Waals surface area contributed by atoms with Crippen LogP contribution in [0.4, 0.5) is 0 Å². The summed E-state index contributed by atoms with van der Waals surface area (Å²) in [5.74, 6) is -0.156. The van der Waals surface area contributed by atoms with Crippen molar-refractivity contribution in [2.45, 2.75) is 25.9 Å². The molecule has 1 aromatic rings. The Balaban J connectivity index is 2.86. The Morgan fingerprint density at radius 3 is 2.83 bits per heavy atom. The zero-order chi connectivity index (χ0) is 9.19. The van der Waals surface area contributed by atoms with E-state index in [4.69, 9.17) is 4.42 Å². The first-order valence-electron chi connectivity index (χ1n) is 3.88. The Morgan fingerprint density at radius 1 is 1.75 bits per heavy atom. The van der Waals surface area contributed by atoms with Gasteiger partial charge in [0.25, 0.3) is 0 Å². The van der Waals surface area contributed by atoms with E-state index in [2.05, 4.69) is 0 Å².